The van der Waals surface area contributed by atoms with Crippen LogP contribution in [0.2, 0.25) is 0 Å². The Morgan fingerprint density at radius 2 is 1.75 bits per heavy atom. The van der Waals surface area contributed by atoms with Gasteiger partial charge in [-0.1, -0.05) is 37.3 Å². The Hall–Kier alpha value is -2.09. The predicted octanol–water partition coefficient (Wildman–Crippen LogP) is 4.57. The van der Waals surface area contributed by atoms with Gasteiger partial charge in [-0.15, -0.1) is 0 Å². The molecule has 0 aliphatic rings. The fourth-order valence-electron chi connectivity index (χ4n) is 2.49. The van der Waals surface area contributed by atoms with Gasteiger partial charge < -0.3 is 4.74 Å². The summed E-state index contributed by atoms with van der Waals surface area (Å²) in [5.74, 6) is 1.04. The summed E-state index contributed by atoms with van der Waals surface area (Å²) in [4.78, 5) is 11.7. The van der Waals surface area contributed by atoms with E-state index in [9.17, 15) is 4.79 Å². The van der Waals surface area contributed by atoms with Gasteiger partial charge in [0.25, 0.3) is 0 Å². The van der Waals surface area contributed by atoms with Crippen molar-refractivity contribution in [3.8, 4) is 16.9 Å². The van der Waals surface area contributed by atoms with E-state index in [1.54, 1.807) is 7.11 Å². The predicted molar refractivity (Wildman–Crippen MR) is 82.5 cm³/mol. The molecular formula is C18H20O2. The normalized spacial score (nSPS) is 10.4. The first-order valence-electron chi connectivity index (χ1n) is 6.85. The molecule has 104 valence electrons. The maximum absolute atomic E-state index is 11.7. The second-order valence-corrected chi connectivity index (χ2v) is 5.01. The number of ketones is 1. The molecule has 0 N–H and O–H groups in total. The zero-order chi connectivity index (χ0) is 14.7. The lowest BCUT2D eigenvalue weighted by molar-refractivity contribution is 0.0988. The molecule has 2 rings (SSSR count). The fraction of sp³-hybridized carbons (Fsp3) is 0.278. The van der Waals surface area contributed by atoms with Crippen LogP contribution in [0.15, 0.2) is 36.4 Å². The summed E-state index contributed by atoms with van der Waals surface area (Å²) in [5.41, 5.74) is 5.29. The number of hydrogen-bond acceptors (Lipinski definition) is 2. The van der Waals surface area contributed by atoms with E-state index < -0.39 is 0 Å². The SMILES string of the molecule is CCC(=O)c1ccc(-c2c(C)cc(C)cc2OC)cc1. The van der Waals surface area contributed by atoms with Gasteiger partial charge in [0.2, 0.25) is 0 Å². The lowest BCUT2D eigenvalue weighted by atomic mass is 9.96. The first-order chi connectivity index (χ1) is 9.56. The van der Waals surface area contributed by atoms with Crippen molar-refractivity contribution >= 4 is 5.78 Å². The Labute approximate surface area is 120 Å². The van der Waals surface area contributed by atoms with Gasteiger partial charge in [0, 0.05) is 17.5 Å². The summed E-state index contributed by atoms with van der Waals surface area (Å²) in [7, 11) is 1.69. The highest BCUT2D eigenvalue weighted by molar-refractivity contribution is 5.96. The Morgan fingerprint density at radius 3 is 2.30 bits per heavy atom. The molecule has 0 bridgehead atoms. The number of benzene rings is 2. The van der Waals surface area contributed by atoms with Crippen LogP contribution >= 0.6 is 0 Å². The van der Waals surface area contributed by atoms with Gasteiger partial charge in [-0.2, -0.15) is 0 Å². The van der Waals surface area contributed by atoms with Gasteiger partial charge in [-0.05, 0) is 36.6 Å². The molecule has 0 fully saturated rings. The van der Waals surface area contributed by atoms with E-state index >= 15 is 0 Å². The second-order valence-electron chi connectivity index (χ2n) is 5.01. The Bertz CT molecular complexity index is 625. The monoisotopic (exact) mass is 268 g/mol. The van der Waals surface area contributed by atoms with Crippen molar-refractivity contribution in [2.45, 2.75) is 27.2 Å². The number of aryl methyl sites for hydroxylation is 2. The van der Waals surface area contributed by atoms with E-state index in [1.165, 1.54) is 11.1 Å². The Kier molecular flexibility index (Phi) is 4.23. The molecule has 0 atom stereocenters. The van der Waals surface area contributed by atoms with Crippen LogP contribution in [-0.4, -0.2) is 12.9 Å². The van der Waals surface area contributed by atoms with Crippen LogP contribution in [0, 0.1) is 13.8 Å². The van der Waals surface area contributed by atoms with E-state index in [4.69, 9.17) is 4.74 Å². The first kappa shape index (κ1) is 14.3. The van der Waals surface area contributed by atoms with Crippen molar-refractivity contribution in [1.82, 2.24) is 0 Å². The van der Waals surface area contributed by atoms with Crippen LogP contribution in [0.25, 0.3) is 11.1 Å². The minimum absolute atomic E-state index is 0.171. The van der Waals surface area contributed by atoms with E-state index in [0.717, 1.165) is 22.4 Å². The summed E-state index contributed by atoms with van der Waals surface area (Å²) in [6, 6.07) is 11.9. The molecule has 0 spiro atoms. The molecule has 0 saturated carbocycles. The maximum atomic E-state index is 11.7. The van der Waals surface area contributed by atoms with E-state index in [-0.39, 0.29) is 5.78 Å². The molecule has 0 aliphatic heterocycles. The van der Waals surface area contributed by atoms with Crippen molar-refractivity contribution in [2.24, 2.45) is 0 Å². The third-order valence-electron chi connectivity index (χ3n) is 3.48. The van der Waals surface area contributed by atoms with Crippen molar-refractivity contribution in [3.63, 3.8) is 0 Å². The second kappa shape index (κ2) is 5.91. The van der Waals surface area contributed by atoms with Gasteiger partial charge >= 0.3 is 0 Å². The van der Waals surface area contributed by atoms with Crippen molar-refractivity contribution in [1.29, 1.82) is 0 Å². The molecule has 2 nitrogen and oxygen atoms in total. The number of methoxy groups -OCH3 is 1. The van der Waals surface area contributed by atoms with Gasteiger partial charge in [-0.25, -0.2) is 0 Å². The van der Waals surface area contributed by atoms with E-state index in [0.29, 0.717) is 6.42 Å². The van der Waals surface area contributed by atoms with Gasteiger partial charge in [0.05, 0.1) is 7.11 Å². The minimum atomic E-state index is 0.171. The summed E-state index contributed by atoms with van der Waals surface area (Å²) < 4.78 is 5.49. The van der Waals surface area contributed by atoms with Crippen LogP contribution in [0.1, 0.15) is 34.8 Å². The van der Waals surface area contributed by atoms with Crippen molar-refractivity contribution in [3.05, 3.63) is 53.1 Å². The highest BCUT2D eigenvalue weighted by Gasteiger charge is 2.11. The molecule has 2 aromatic carbocycles. The van der Waals surface area contributed by atoms with Crippen molar-refractivity contribution in [2.75, 3.05) is 7.11 Å². The molecule has 0 aromatic heterocycles. The smallest absolute Gasteiger partial charge is 0.162 e. The zero-order valence-corrected chi connectivity index (χ0v) is 12.5. The standard InChI is InChI=1S/C18H20O2/c1-5-16(19)14-6-8-15(9-7-14)18-13(3)10-12(2)11-17(18)20-4/h6-11H,5H2,1-4H3. The Balaban J connectivity index is 2.49. The van der Waals surface area contributed by atoms with Crippen LogP contribution in [0.3, 0.4) is 0 Å². The van der Waals surface area contributed by atoms with Crippen LogP contribution in [-0.2, 0) is 0 Å². The highest BCUT2D eigenvalue weighted by Crippen LogP contribution is 2.34. The van der Waals surface area contributed by atoms with Gasteiger partial charge in [0.1, 0.15) is 5.75 Å². The molecule has 0 unspecified atom stereocenters. The number of Topliss-reactive ketones (excluding diaryl/α,β-unsaturated/α-hetero) is 1. The number of hydrogen-bond donors (Lipinski definition) is 0. The average molecular weight is 268 g/mol. The molecule has 2 aromatic rings. The number of carbonyl (C=O) groups is 1. The average Bonchev–Trinajstić information content (AvgIpc) is 2.46. The zero-order valence-electron chi connectivity index (χ0n) is 12.5. The van der Waals surface area contributed by atoms with Crippen LogP contribution < -0.4 is 4.74 Å². The molecule has 0 radical (unpaired) electrons. The van der Waals surface area contributed by atoms with E-state index in [2.05, 4.69) is 19.9 Å². The maximum Gasteiger partial charge on any atom is 0.162 e. The summed E-state index contributed by atoms with van der Waals surface area (Å²) in [6.07, 6.45) is 0.534. The summed E-state index contributed by atoms with van der Waals surface area (Å²) >= 11 is 0. The third kappa shape index (κ3) is 2.74. The van der Waals surface area contributed by atoms with Gasteiger partial charge in [-0.3, -0.25) is 4.79 Å². The van der Waals surface area contributed by atoms with Crippen molar-refractivity contribution < 1.29 is 9.53 Å². The number of ether oxygens (including phenoxy) is 1. The van der Waals surface area contributed by atoms with Crippen LogP contribution in [0.4, 0.5) is 0 Å². The molecule has 0 heterocycles. The molecule has 0 amide bonds. The largest absolute Gasteiger partial charge is 0.496 e. The number of carbonyl (C=O) groups excluding carboxylic acids is 1. The molecule has 2 heteroatoms. The molecule has 20 heavy (non-hydrogen) atoms. The fourth-order valence-corrected chi connectivity index (χ4v) is 2.49. The lowest BCUT2D eigenvalue weighted by Gasteiger charge is -2.13. The molecular weight excluding hydrogens is 248 g/mol. The lowest BCUT2D eigenvalue weighted by Crippen LogP contribution is -1.97. The number of rotatable bonds is 4. The molecule has 0 saturated heterocycles. The summed E-state index contributed by atoms with van der Waals surface area (Å²) in [6.45, 7) is 6.02. The summed E-state index contributed by atoms with van der Waals surface area (Å²) in [5, 5.41) is 0. The van der Waals surface area contributed by atoms with Gasteiger partial charge in [0.15, 0.2) is 5.78 Å². The van der Waals surface area contributed by atoms with Crippen LogP contribution in [0.5, 0.6) is 5.75 Å². The Morgan fingerprint density at radius 1 is 1.10 bits per heavy atom. The first-order valence-corrected chi connectivity index (χ1v) is 6.85. The topological polar surface area (TPSA) is 26.3 Å². The molecule has 0 aliphatic carbocycles. The minimum Gasteiger partial charge on any atom is -0.496 e. The quantitative estimate of drug-likeness (QED) is 0.759. The van der Waals surface area contributed by atoms with E-state index in [1.807, 2.05) is 37.3 Å². The third-order valence-corrected chi connectivity index (χ3v) is 3.48. The highest BCUT2D eigenvalue weighted by atomic mass is 16.5.